The number of nitrogens with zero attached hydrogens (tertiary/aromatic N) is 1. The third-order valence-corrected chi connectivity index (χ3v) is 5.60. The zero-order chi connectivity index (χ0) is 14.5. The van der Waals surface area contributed by atoms with Gasteiger partial charge in [-0.25, -0.2) is 0 Å². The third-order valence-electron chi connectivity index (χ3n) is 4.55. The summed E-state index contributed by atoms with van der Waals surface area (Å²) in [5.74, 6) is 4.39. The van der Waals surface area contributed by atoms with Crippen LogP contribution in [0, 0.1) is 0 Å². The van der Waals surface area contributed by atoms with Gasteiger partial charge in [0.2, 0.25) is 0 Å². The summed E-state index contributed by atoms with van der Waals surface area (Å²) in [6.07, 6.45) is 5.31. The standard InChI is InChI=1S/C17H25NO2S/c1-19-16-4-2-3-5-17(16)20-15-6-10-18(11-7-15)14-8-12-21-13-9-14/h2-5,14-15H,6-13H2,1H3. The summed E-state index contributed by atoms with van der Waals surface area (Å²) in [4.78, 5) is 2.68. The first-order chi connectivity index (χ1) is 10.4. The third kappa shape index (κ3) is 3.86. The summed E-state index contributed by atoms with van der Waals surface area (Å²) in [6.45, 7) is 2.35. The van der Waals surface area contributed by atoms with Crippen molar-refractivity contribution in [3.05, 3.63) is 24.3 Å². The second-order valence-corrected chi connectivity index (χ2v) is 7.07. The molecule has 0 bridgehead atoms. The van der Waals surface area contributed by atoms with Gasteiger partial charge in [0.05, 0.1) is 7.11 Å². The summed E-state index contributed by atoms with van der Waals surface area (Å²) in [5, 5.41) is 0. The van der Waals surface area contributed by atoms with E-state index in [1.54, 1.807) is 7.11 Å². The van der Waals surface area contributed by atoms with Crippen molar-refractivity contribution >= 4 is 11.8 Å². The molecular formula is C17H25NO2S. The molecule has 2 saturated heterocycles. The van der Waals surface area contributed by atoms with E-state index in [-0.39, 0.29) is 0 Å². The van der Waals surface area contributed by atoms with Crippen molar-refractivity contribution in [3.8, 4) is 11.5 Å². The van der Waals surface area contributed by atoms with Gasteiger partial charge < -0.3 is 14.4 Å². The lowest BCUT2D eigenvalue weighted by atomic mass is 10.0. The molecule has 2 fully saturated rings. The first-order valence-electron chi connectivity index (χ1n) is 7.98. The highest BCUT2D eigenvalue weighted by atomic mass is 32.2. The van der Waals surface area contributed by atoms with Crippen molar-refractivity contribution in [2.24, 2.45) is 0 Å². The van der Waals surface area contributed by atoms with Gasteiger partial charge in [0.25, 0.3) is 0 Å². The summed E-state index contributed by atoms with van der Waals surface area (Å²) in [5.41, 5.74) is 0. The molecule has 0 saturated carbocycles. The Morgan fingerprint density at radius 2 is 1.67 bits per heavy atom. The van der Waals surface area contributed by atoms with Crippen LogP contribution in [-0.2, 0) is 0 Å². The van der Waals surface area contributed by atoms with E-state index in [2.05, 4.69) is 16.7 Å². The summed E-state index contributed by atoms with van der Waals surface area (Å²) < 4.78 is 11.5. The molecule has 3 nitrogen and oxygen atoms in total. The number of thioether (sulfide) groups is 1. The molecule has 4 heteroatoms. The quantitative estimate of drug-likeness (QED) is 0.849. The van der Waals surface area contributed by atoms with Gasteiger partial charge in [-0.3, -0.25) is 0 Å². The number of hydrogen-bond acceptors (Lipinski definition) is 4. The van der Waals surface area contributed by atoms with Gasteiger partial charge in [0.15, 0.2) is 11.5 Å². The monoisotopic (exact) mass is 307 g/mol. The molecule has 1 aromatic carbocycles. The molecule has 0 N–H and O–H groups in total. The Labute approximate surface area is 132 Å². The van der Waals surface area contributed by atoms with E-state index < -0.39 is 0 Å². The Kier molecular flexibility index (Phi) is 5.31. The molecule has 116 valence electrons. The predicted octanol–water partition coefficient (Wildman–Crippen LogP) is 3.43. The normalized spacial score (nSPS) is 22.1. The number of methoxy groups -OCH3 is 1. The van der Waals surface area contributed by atoms with Crippen LogP contribution in [0.25, 0.3) is 0 Å². The van der Waals surface area contributed by atoms with Gasteiger partial charge in [0.1, 0.15) is 6.10 Å². The molecule has 1 aromatic rings. The molecule has 0 spiro atoms. The van der Waals surface area contributed by atoms with Crippen LogP contribution in [0.2, 0.25) is 0 Å². The number of benzene rings is 1. The molecular weight excluding hydrogens is 282 g/mol. The maximum Gasteiger partial charge on any atom is 0.161 e. The minimum atomic E-state index is 0.329. The maximum absolute atomic E-state index is 6.16. The first-order valence-corrected chi connectivity index (χ1v) is 9.14. The van der Waals surface area contributed by atoms with E-state index in [4.69, 9.17) is 9.47 Å². The summed E-state index contributed by atoms with van der Waals surface area (Å²) in [6, 6.07) is 8.77. The molecule has 0 radical (unpaired) electrons. The largest absolute Gasteiger partial charge is 0.493 e. The van der Waals surface area contributed by atoms with E-state index in [9.17, 15) is 0 Å². The van der Waals surface area contributed by atoms with E-state index in [1.807, 2.05) is 24.3 Å². The van der Waals surface area contributed by atoms with Crippen LogP contribution in [0.4, 0.5) is 0 Å². The minimum Gasteiger partial charge on any atom is -0.493 e. The van der Waals surface area contributed by atoms with Gasteiger partial charge in [-0.05, 0) is 49.3 Å². The zero-order valence-corrected chi connectivity index (χ0v) is 13.6. The van der Waals surface area contributed by atoms with E-state index in [0.717, 1.165) is 30.4 Å². The number of piperidine rings is 1. The van der Waals surface area contributed by atoms with Crippen LogP contribution in [0.1, 0.15) is 25.7 Å². The van der Waals surface area contributed by atoms with Crippen LogP contribution < -0.4 is 9.47 Å². The fourth-order valence-electron chi connectivity index (χ4n) is 3.30. The van der Waals surface area contributed by atoms with Crippen LogP contribution >= 0.6 is 11.8 Å². The molecule has 0 unspecified atom stereocenters. The fraction of sp³-hybridized carbons (Fsp3) is 0.647. The van der Waals surface area contributed by atoms with Crippen LogP contribution in [0.5, 0.6) is 11.5 Å². The smallest absolute Gasteiger partial charge is 0.161 e. The lowest BCUT2D eigenvalue weighted by Crippen LogP contribution is -2.45. The van der Waals surface area contributed by atoms with Crippen molar-refractivity contribution in [2.45, 2.75) is 37.8 Å². The molecule has 3 rings (SSSR count). The highest BCUT2D eigenvalue weighted by Gasteiger charge is 2.27. The van der Waals surface area contributed by atoms with Crippen LogP contribution in [-0.4, -0.2) is 48.8 Å². The SMILES string of the molecule is COc1ccccc1OC1CCN(C2CCSCC2)CC1. The number of ether oxygens (including phenoxy) is 2. The highest BCUT2D eigenvalue weighted by molar-refractivity contribution is 7.99. The second-order valence-electron chi connectivity index (χ2n) is 5.85. The number of hydrogen-bond donors (Lipinski definition) is 0. The van der Waals surface area contributed by atoms with Gasteiger partial charge in [-0.2, -0.15) is 11.8 Å². The zero-order valence-electron chi connectivity index (χ0n) is 12.8. The minimum absolute atomic E-state index is 0.329. The Morgan fingerprint density at radius 1 is 1.00 bits per heavy atom. The number of likely N-dealkylation sites (tertiary alicyclic amines) is 1. The van der Waals surface area contributed by atoms with E-state index >= 15 is 0 Å². The highest BCUT2D eigenvalue weighted by Crippen LogP contribution is 2.30. The van der Waals surface area contributed by atoms with E-state index in [0.29, 0.717) is 6.10 Å². The molecule has 0 atom stereocenters. The average Bonchev–Trinajstić information content (AvgIpc) is 2.57. The molecule has 21 heavy (non-hydrogen) atoms. The van der Waals surface area contributed by atoms with Gasteiger partial charge >= 0.3 is 0 Å². The maximum atomic E-state index is 6.16. The van der Waals surface area contributed by atoms with Crippen molar-refractivity contribution in [2.75, 3.05) is 31.7 Å². The van der Waals surface area contributed by atoms with Gasteiger partial charge in [-0.1, -0.05) is 12.1 Å². The number of para-hydroxylation sites is 2. The lowest BCUT2D eigenvalue weighted by molar-refractivity contribution is 0.0709. The van der Waals surface area contributed by atoms with Crippen molar-refractivity contribution < 1.29 is 9.47 Å². The van der Waals surface area contributed by atoms with Crippen molar-refractivity contribution in [1.82, 2.24) is 4.90 Å². The lowest BCUT2D eigenvalue weighted by Gasteiger charge is -2.39. The summed E-state index contributed by atoms with van der Waals surface area (Å²) in [7, 11) is 1.70. The number of rotatable bonds is 4. The van der Waals surface area contributed by atoms with Crippen molar-refractivity contribution in [3.63, 3.8) is 0 Å². The Morgan fingerprint density at radius 3 is 2.33 bits per heavy atom. The molecule has 2 heterocycles. The average molecular weight is 307 g/mol. The fourth-order valence-corrected chi connectivity index (χ4v) is 4.39. The topological polar surface area (TPSA) is 21.7 Å². The Balaban J connectivity index is 1.51. The molecule has 0 amide bonds. The van der Waals surface area contributed by atoms with Crippen LogP contribution in [0.3, 0.4) is 0 Å². The molecule has 0 aromatic heterocycles. The summed E-state index contributed by atoms with van der Waals surface area (Å²) >= 11 is 2.10. The van der Waals surface area contributed by atoms with Gasteiger partial charge in [-0.15, -0.1) is 0 Å². The molecule has 0 aliphatic carbocycles. The van der Waals surface area contributed by atoms with Crippen molar-refractivity contribution in [1.29, 1.82) is 0 Å². The Bertz CT molecular complexity index is 440. The molecule has 2 aliphatic rings. The van der Waals surface area contributed by atoms with Gasteiger partial charge in [0, 0.05) is 19.1 Å². The predicted molar refractivity (Wildman–Crippen MR) is 88.6 cm³/mol. The van der Waals surface area contributed by atoms with E-state index in [1.165, 1.54) is 37.4 Å². The second kappa shape index (κ2) is 7.41. The Hall–Kier alpha value is -0.870. The molecule has 2 aliphatic heterocycles. The van der Waals surface area contributed by atoms with Crippen LogP contribution in [0.15, 0.2) is 24.3 Å². The first kappa shape index (κ1) is 15.0.